The van der Waals surface area contributed by atoms with E-state index in [-0.39, 0.29) is 6.61 Å². The highest BCUT2D eigenvalue weighted by Crippen LogP contribution is 2.37. The van der Waals surface area contributed by atoms with Gasteiger partial charge in [0.1, 0.15) is 12.1 Å². The van der Waals surface area contributed by atoms with Crippen molar-refractivity contribution in [3.63, 3.8) is 0 Å². The van der Waals surface area contributed by atoms with E-state index >= 15 is 0 Å². The fourth-order valence-electron chi connectivity index (χ4n) is 1.95. The molecular formula is C14H18N4O2. The van der Waals surface area contributed by atoms with Crippen LogP contribution in [0.2, 0.25) is 0 Å². The third-order valence-corrected chi connectivity index (χ3v) is 3.14. The molecular weight excluding hydrogens is 256 g/mol. The number of nitrogens with zero attached hydrogens (tertiary/aromatic N) is 2. The number of aliphatic imine (C=N–C) groups is 2. The molecule has 0 radical (unpaired) electrons. The summed E-state index contributed by atoms with van der Waals surface area (Å²) in [5.74, 6) is 0.525. The minimum absolute atomic E-state index is 0.238. The van der Waals surface area contributed by atoms with Crippen molar-refractivity contribution in [3.8, 4) is 0 Å². The van der Waals surface area contributed by atoms with E-state index in [2.05, 4.69) is 15.3 Å². The van der Waals surface area contributed by atoms with Crippen molar-refractivity contribution < 1.29 is 9.53 Å². The predicted molar refractivity (Wildman–Crippen MR) is 77.8 cm³/mol. The topological polar surface area (TPSA) is 89.1 Å². The fourth-order valence-corrected chi connectivity index (χ4v) is 1.95. The van der Waals surface area contributed by atoms with Crippen LogP contribution >= 0.6 is 0 Å². The van der Waals surface area contributed by atoms with Gasteiger partial charge in [-0.15, -0.1) is 0 Å². The summed E-state index contributed by atoms with van der Waals surface area (Å²) in [5.41, 5.74) is 5.70. The SMILES string of the molecule is CN=C(N=CN)C1(NC(=O)OCc2ccccc2)CC1. The molecule has 0 atom stereocenters. The van der Waals surface area contributed by atoms with E-state index in [0.717, 1.165) is 18.4 Å². The molecule has 6 heteroatoms. The van der Waals surface area contributed by atoms with Gasteiger partial charge in [-0.25, -0.2) is 9.79 Å². The van der Waals surface area contributed by atoms with Gasteiger partial charge in [-0.3, -0.25) is 4.99 Å². The number of nitrogens with two attached hydrogens (primary N) is 1. The van der Waals surface area contributed by atoms with Gasteiger partial charge in [0.15, 0.2) is 5.84 Å². The van der Waals surface area contributed by atoms with Gasteiger partial charge in [0.2, 0.25) is 0 Å². The normalized spacial score (nSPS) is 16.9. The molecule has 6 nitrogen and oxygen atoms in total. The number of hydrogen-bond donors (Lipinski definition) is 2. The van der Waals surface area contributed by atoms with Crippen LogP contribution in [0, 0.1) is 0 Å². The molecule has 0 heterocycles. The number of nitrogens with one attached hydrogen (secondary N) is 1. The van der Waals surface area contributed by atoms with Crippen molar-refractivity contribution in [2.75, 3.05) is 7.05 Å². The molecule has 0 spiro atoms. The van der Waals surface area contributed by atoms with Gasteiger partial charge in [-0.1, -0.05) is 30.3 Å². The summed E-state index contributed by atoms with van der Waals surface area (Å²) in [6.45, 7) is 0.238. The molecule has 0 aliphatic heterocycles. The average molecular weight is 274 g/mol. The number of benzene rings is 1. The summed E-state index contributed by atoms with van der Waals surface area (Å²) < 4.78 is 5.19. The molecule has 106 valence electrons. The van der Waals surface area contributed by atoms with Crippen LogP contribution in [-0.4, -0.2) is 30.9 Å². The van der Waals surface area contributed by atoms with Crippen LogP contribution in [-0.2, 0) is 11.3 Å². The number of carbonyl (C=O) groups is 1. The molecule has 1 aromatic carbocycles. The quantitative estimate of drug-likeness (QED) is 0.643. The molecule has 1 aliphatic carbocycles. The van der Waals surface area contributed by atoms with E-state index in [1.807, 2.05) is 30.3 Å². The molecule has 1 aromatic rings. The highest BCUT2D eigenvalue weighted by atomic mass is 16.5. The molecule has 20 heavy (non-hydrogen) atoms. The summed E-state index contributed by atoms with van der Waals surface area (Å²) in [7, 11) is 1.62. The lowest BCUT2D eigenvalue weighted by atomic mass is 10.2. The molecule has 1 fully saturated rings. The van der Waals surface area contributed by atoms with E-state index in [4.69, 9.17) is 10.5 Å². The third-order valence-electron chi connectivity index (χ3n) is 3.14. The second kappa shape index (κ2) is 6.18. The van der Waals surface area contributed by atoms with Gasteiger partial charge in [0.25, 0.3) is 0 Å². The highest BCUT2D eigenvalue weighted by molar-refractivity contribution is 6.00. The standard InChI is InChI=1S/C14H18N4O2/c1-16-12(17-10-15)14(7-8-14)18-13(19)20-9-11-5-3-2-4-6-11/h2-6,10H,7-9H2,1H3,(H,18,19)(H2,15,16,17). The summed E-state index contributed by atoms with van der Waals surface area (Å²) >= 11 is 0. The number of alkyl carbamates (subject to hydrolysis) is 1. The first-order valence-corrected chi connectivity index (χ1v) is 6.40. The van der Waals surface area contributed by atoms with Crippen LogP contribution in [0.5, 0.6) is 0 Å². The van der Waals surface area contributed by atoms with Gasteiger partial charge in [-0.05, 0) is 18.4 Å². The van der Waals surface area contributed by atoms with Crippen molar-refractivity contribution in [3.05, 3.63) is 35.9 Å². The summed E-state index contributed by atoms with van der Waals surface area (Å²) in [6, 6.07) is 9.51. The Balaban J connectivity index is 1.89. The average Bonchev–Trinajstić information content (AvgIpc) is 3.24. The monoisotopic (exact) mass is 274 g/mol. The second-order valence-corrected chi connectivity index (χ2v) is 4.59. The van der Waals surface area contributed by atoms with Crippen molar-refractivity contribution >= 4 is 18.3 Å². The Kier molecular flexibility index (Phi) is 4.34. The van der Waals surface area contributed by atoms with E-state index < -0.39 is 11.6 Å². The lowest BCUT2D eigenvalue weighted by Crippen LogP contribution is -2.43. The Labute approximate surface area is 117 Å². The van der Waals surface area contributed by atoms with Crippen LogP contribution in [0.25, 0.3) is 0 Å². The molecule has 3 N–H and O–H groups in total. The van der Waals surface area contributed by atoms with E-state index in [1.54, 1.807) is 7.05 Å². The molecule has 2 rings (SSSR count). The van der Waals surface area contributed by atoms with Gasteiger partial charge >= 0.3 is 6.09 Å². The number of amidine groups is 1. The zero-order valence-corrected chi connectivity index (χ0v) is 11.4. The van der Waals surface area contributed by atoms with Crippen LogP contribution in [0.15, 0.2) is 40.3 Å². The number of carbonyl (C=O) groups excluding carboxylic acids is 1. The summed E-state index contributed by atoms with van der Waals surface area (Å²) in [6.07, 6.45) is 2.29. The first kappa shape index (κ1) is 14.0. The maximum absolute atomic E-state index is 11.8. The molecule has 0 bridgehead atoms. The van der Waals surface area contributed by atoms with Crippen LogP contribution < -0.4 is 11.1 Å². The Hall–Kier alpha value is -2.37. The first-order valence-electron chi connectivity index (χ1n) is 6.40. The number of hydrogen-bond acceptors (Lipinski definition) is 3. The second-order valence-electron chi connectivity index (χ2n) is 4.59. The smallest absolute Gasteiger partial charge is 0.408 e. The number of amides is 1. The zero-order valence-electron chi connectivity index (χ0n) is 11.4. The summed E-state index contributed by atoms with van der Waals surface area (Å²) in [4.78, 5) is 19.9. The molecule has 0 saturated heterocycles. The predicted octanol–water partition coefficient (Wildman–Crippen LogP) is 1.46. The van der Waals surface area contributed by atoms with Gasteiger partial charge in [-0.2, -0.15) is 0 Å². The van der Waals surface area contributed by atoms with E-state index in [0.29, 0.717) is 5.84 Å². The maximum atomic E-state index is 11.8. The minimum atomic E-state index is -0.515. The van der Waals surface area contributed by atoms with Crippen LogP contribution in [0.3, 0.4) is 0 Å². The van der Waals surface area contributed by atoms with Crippen molar-refractivity contribution in [1.29, 1.82) is 0 Å². The van der Waals surface area contributed by atoms with Crippen LogP contribution in [0.4, 0.5) is 4.79 Å². The van der Waals surface area contributed by atoms with Crippen molar-refractivity contribution in [1.82, 2.24) is 5.32 Å². The van der Waals surface area contributed by atoms with Gasteiger partial charge in [0, 0.05) is 7.05 Å². The van der Waals surface area contributed by atoms with E-state index in [1.165, 1.54) is 6.34 Å². The third kappa shape index (κ3) is 3.34. The van der Waals surface area contributed by atoms with Crippen molar-refractivity contribution in [2.24, 2.45) is 15.7 Å². The number of ether oxygens (including phenoxy) is 1. The van der Waals surface area contributed by atoms with Crippen LogP contribution in [0.1, 0.15) is 18.4 Å². The molecule has 1 saturated carbocycles. The highest BCUT2D eigenvalue weighted by Gasteiger charge is 2.49. The molecule has 0 unspecified atom stereocenters. The Bertz CT molecular complexity index is 521. The number of rotatable bonds is 4. The van der Waals surface area contributed by atoms with Crippen molar-refractivity contribution in [2.45, 2.75) is 25.0 Å². The maximum Gasteiger partial charge on any atom is 0.408 e. The Morgan fingerprint density at radius 2 is 2.15 bits per heavy atom. The molecule has 1 aliphatic rings. The molecule has 1 amide bonds. The largest absolute Gasteiger partial charge is 0.445 e. The minimum Gasteiger partial charge on any atom is -0.445 e. The Morgan fingerprint density at radius 3 is 2.70 bits per heavy atom. The lowest BCUT2D eigenvalue weighted by Gasteiger charge is -2.16. The fraction of sp³-hybridized carbons (Fsp3) is 0.357. The zero-order chi connectivity index (χ0) is 14.4. The summed E-state index contributed by atoms with van der Waals surface area (Å²) in [5, 5.41) is 2.81. The van der Waals surface area contributed by atoms with Gasteiger partial charge in [0.05, 0.1) is 6.34 Å². The molecule has 0 aromatic heterocycles. The van der Waals surface area contributed by atoms with E-state index in [9.17, 15) is 4.79 Å². The first-order chi connectivity index (χ1) is 9.70. The van der Waals surface area contributed by atoms with Gasteiger partial charge < -0.3 is 15.8 Å². The lowest BCUT2D eigenvalue weighted by molar-refractivity contribution is 0.137. The Morgan fingerprint density at radius 1 is 1.45 bits per heavy atom.